The second-order valence-corrected chi connectivity index (χ2v) is 7.36. The van der Waals surface area contributed by atoms with Crippen molar-refractivity contribution in [2.24, 2.45) is 0 Å². The number of rotatable bonds is 3. The van der Waals surface area contributed by atoms with Gasteiger partial charge < -0.3 is 0 Å². The second-order valence-electron chi connectivity index (χ2n) is 6.51. The Morgan fingerprint density at radius 1 is 1.32 bits per heavy atom. The van der Waals surface area contributed by atoms with E-state index in [1.807, 2.05) is 5.38 Å². The number of hydrogen-bond acceptors (Lipinski definition) is 5. The van der Waals surface area contributed by atoms with Crippen LogP contribution >= 0.6 is 11.3 Å². The average molecular weight is 354 g/mol. The van der Waals surface area contributed by atoms with Crippen LogP contribution in [0.15, 0.2) is 28.4 Å². The number of nitrogens with zero attached hydrogens (tertiary/aromatic N) is 3. The fourth-order valence-electron chi connectivity index (χ4n) is 3.00. The van der Waals surface area contributed by atoms with Crippen LogP contribution in [0.5, 0.6) is 0 Å². The number of amides is 1. The van der Waals surface area contributed by atoms with E-state index in [0.717, 1.165) is 30.9 Å². The maximum Gasteiger partial charge on any atom is 0.261 e. The van der Waals surface area contributed by atoms with E-state index in [-0.39, 0.29) is 11.5 Å². The van der Waals surface area contributed by atoms with Crippen molar-refractivity contribution in [1.82, 2.24) is 14.5 Å². The molecular weight excluding hydrogens is 336 g/mol. The molecule has 0 saturated carbocycles. The van der Waals surface area contributed by atoms with E-state index in [0.29, 0.717) is 27.5 Å². The predicted molar refractivity (Wildman–Crippen MR) is 98.5 cm³/mol. The summed E-state index contributed by atoms with van der Waals surface area (Å²) in [5, 5.41) is 5.91. The van der Waals surface area contributed by atoms with Gasteiger partial charge >= 0.3 is 0 Å². The van der Waals surface area contributed by atoms with Crippen LogP contribution in [-0.4, -0.2) is 20.4 Å². The number of fused-ring (bicyclic) bond motifs is 2. The van der Waals surface area contributed by atoms with Crippen molar-refractivity contribution in [3.8, 4) is 0 Å². The highest BCUT2D eigenvalue weighted by molar-refractivity contribution is 7.14. The summed E-state index contributed by atoms with van der Waals surface area (Å²) in [5.41, 5.74) is 1.99. The van der Waals surface area contributed by atoms with Crippen LogP contribution in [0.1, 0.15) is 48.1 Å². The Morgan fingerprint density at radius 2 is 2.16 bits per heavy atom. The predicted octanol–water partition coefficient (Wildman–Crippen LogP) is 3.17. The van der Waals surface area contributed by atoms with Crippen molar-refractivity contribution in [2.45, 2.75) is 39.2 Å². The van der Waals surface area contributed by atoms with Gasteiger partial charge in [-0.15, -0.1) is 11.3 Å². The highest BCUT2D eigenvalue weighted by atomic mass is 32.1. The van der Waals surface area contributed by atoms with E-state index in [9.17, 15) is 9.59 Å². The van der Waals surface area contributed by atoms with Crippen LogP contribution in [0.25, 0.3) is 10.9 Å². The highest BCUT2D eigenvalue weighted by Gasteiger charge is 2.17. The summed E-state index contributed by atoms with van der Waals surface area (Å²) in [6.45, 7) is 4.85. The van der Waals surface area contributed by atoms with Crippen molar-refractivity contribution >= 4 is 33.3 Å². The lowest BCUT2D eigenvalue weighted by Crippen LogP contribution is -2.21. The second kappa shape index (κ2) is 6.07. The fraction of sp³-hybridized carbons (Fsp3) is 0.333. The van der Waals surface area contributed by atoms with Crippen LogP contribution in [-0.2, 0) is 13.0 Å². The molecule has 0 bridgehead atoms. The minimum atomic E-state index is -0.242. The molecule has 0 atom stereocenters. The Kier molecular flexibility index (Phi) is 3.88. The number of carbonyl (C=O) groups is 1. The summed E-state index contributed by atoms with van der Waals surface area (Å²) in [6, 6.07) is 5.04. The molecule has 1 amide bonds. The Balaban J connectivity index is 1.65. The zero-order valence-electron chi connectivity index (χ0n) is 14.1. The molecule has 4 rings (SSSR count). The Bertz CT molecular complexity index is 1040. The van der Waals surface area contributed by atoms with Gasteiger partial charge in [0.1, 0.15) is 5.82 Å². The first-order valence-corrected chi connectivity index (χ1v) is 9.21. The molecule has 3 aromatic rings. The third-order valence-electron chi connectivity index (χ3n) is 4.41. The van der Waals surface area contributed by atoms with E-state index in [1.54, 1.807) is 22.8 Å². The van der Waals surface area contributed by atoms with Gasteiger partial charge in [0.05, 0.1) is 16.6 Å². The molecule has 0 radical (unpaired) electrons. The molecule has 1 aliphatic rings. The average Bonchev–Trinajstić information content (AvgIpc) is 3.24. The summed E-state index contributed by atoms with van der Waals surface area (Å²) >= 11 is 1.41. The zero-order chi connectivity index (χ0) is 17.6. The van der Waals surface area contributed by atoms with Gasteiger partial charge in [-0.2, -0.15) is 0 Å². The number of hydrogen-bond donors (Lipinski definition) is 1. The van der Waals surface area contributed by atoms with E-state index in [1.165, 1.54) is 11.3 Å². The normalized spacial score (nSPS) is 13.4. The third kappa shape index (κ3) is 2.84. The molecule has 3 heterocycles. The molecule has 0 aliphatic carbocycles. The summed E-state index contributed by atoms with van der Waals surface area (Å²) in [7, 11) is 0. The summed E-state index contributed by atoms with van der Waals surface area (Å²) in [4.78, 5) is 34.0. The van der Waals surface area contributed by atoms with Gasteiger partial charge in [0, 0.05) is 23.9 Å². The molecule has 6 nitrogen and oxygen atoms in total. The first-order chi connectivity index (χ1) is 12.0. The van der Waals surface area contributed by atoms with Crippen molar-refractivity contribution in [1.29, 1.82) is 0 Å². The van der Waals surface area contributed by atoms with Gasteiger partial charge in [-0.05, 0) is 30.5 Å². The van der Waals surface area contributed by atoms with Gasteiger partial charge in [-0.1, -0.05) is 13.8 Å². The summed E-state index contributed by atoms with van der Waals surface area (Å²) in [6.07, 6.45) is 1.74. The van der Waals surface area contributed by atoms with Gasteiger partial charge in [-0.25, -0.2) is 9.97 Å². The fourth-order valence-corrected chi connectivity index (χ4v) is 3.87. The molecule has 0 fully saturated rings. The Hall–Kier alpha value is -2.54. The van der Waals surface area contributed by atoms with E-state index in [4.69, 9.17) is 0 Å². The largest absolute Gasteiger partial charge is 0.298 e. The number of benzene rings is 1. The number of aryl methyl sites for hydroxylation is 1. The topological polar surface area (TPSA) is 76.9 Å². The molecular formula is C18H18N4O2S. The van der Waals surface area contributed by atoms with Crippen LogP contribution in [0.3, 0.4) is 0 Å². The van der Waals surface area contributed by atoms with Gasteiger partial charge in [0.25, 0.3) is 11.5 Å². The number of aromatic nitrogens is 3. The van der Waals surface area contributed by atoms with Crippen LogP contribution < -0.4 is 10.9 Å². The van der Waals surface area contributed by atoms with Crippen LogP contribution in [0.4, 0.5) is 5.13 Å². The molecule has 2 aromatic heterocycles. The Morgan fingerprint density at radius 3 is 2.92 bits per heavy atom. The maximum atomic E-state index is 12.5. The van der Waals surface area contributed by atoms with Crippen molar-refractivity contribution in [3.63, 3.8) is 0 Å². The molecule has 1 aliphatic heterocycles. The first kappa shape index (κ1) is 16.0. The quantitative estimate of drug-likeness (QED) is 0.784. The molecule has 0 unspecified atom stereocenters. The Labute approximate surface area is 148 Å². The van der Waals surface area contributed by atoms with Crippen molar-refractivity contribution < 1.29 is 4.79 Å². The van der Waals surface area contributed by atoms with Crippen molar-refractivity contribution in [2.75, 3.05) is 5.32 Å². The smallest absolute Gasteiger partial charge is 0.261 e. The zero-order valence-corrected chi connectivity index (χ0v) is 14.9. The van der Waals surface area contributed by atoms with Crippen molar-refractivity contribution in [3.05, 3.63) is 51.0 Å². The van der Waals surface area contributed by atoms with E-state index >= 15 is 0 Å². The molecule has 128 valence electrons. The number of anilines is 1. The molecule has 7 heteroatoms. The highest BCUT2D eigenvalue weighted by Crippen LogP contribution is 2.22. The minimum Gasteiger partial charge on any atom is -0.298 e. The van der Waals surface area contributed by atoms with Crippen LogP contribution in [0.2, 0.25) is 0 Å². The van der Waals surface area contributed by atoms with Gasteiger partial charge in [-0.3, -0.25) is 19.5 Å². The SMILES string of the molecule is CC(C)c1csc(NC(=O)c2ccc3c(=O)n4c(nc3c2)CCC4)n1. The van der Waals surface area contributed by atoms with E-state index < -0.39 is 0 Å². The standard InChI is InChI=1S/C18H18N4O2S/c1-10(2)14-9-25-18(20-14)21-16(23)11-5-6-12-13(8-11)19-15-4-3-7-22(15)17(12)24/h5-6,8-10H,3-4,7H2,1-2H3,(H,20,21,23). The third-order valence-corrected chi connectivity index (χ3v) is 5.19. The first-order valence-electron chi connectivity index (χ1n) is 8.33. The van der Waals surface area contributed by atoms with Crippen LogP contribution in [0, 0.1) is 0 Å². The lowest BCUT2D eigenvalue weighted by atomic mass is 10.1. The number of thiazole rings is 1. The molecule has 0 saturated heterocycles. The van der Waals surface area contributed by atoms with Gasteiger partial charge in [0.15, 0.2) is 5.13 Å². The number of carbonyl (C=O) groups excluding carboxylic acids is 1. The van der Waals surface area contributed by atoms with Gasteiger partial charge in [0.2, 0.25) is 0 Å². The number of nitrogens with one attached hydrogen (secondary N) is 1. The van der Waals surface area contributed by atoms with E-state index in [2.05, 4.69) is 29.1 Å². The summed E-state index contributed by atoms with van der Waals surface area (Å²) < 4.78 is 1.73. The maximum absolute atomic E-state index is 12.5. The lowest BCUT2D eigenvalue weighted by Gasteiger charge is -2.07. The lowest BCUT2D eigenvalue weighted by molar-refractivity contribution is 0.102. The monoisotopic (exact) mass is 354 g/mol. The minimum absolute atomic E-state index is 0.0223. The molecule has 1 aromatic carbocycles. The molecule has 25 heavy (non-hydrogen) atoms. The summed E-state index contributed by atoms with van der Waals surface area (Å²) in [5.74, 6) is 0.882. The molecule has 0 spiro atoms. The molecule has 1 N–H and O–H groups in total.